The van der Waals surface area contributed by atoms with Crippen LogP contribution >= 0.6 is 0 Å². The van der Waals surface area contributed by atoms with Gasteiger partial charge in [-0.15, -0.1) is 0 Å². The van der Waals surface area contributed by atoms with Crippen molar-refractivity contribution < 1.29 is 18.9 Å². The fourth-order valence-corrected chi connectivity index (χ4v) is 5.84. The van der Waals surface area contributed by atoms with E-state index in [-0.39, 0.29) is 0 Å². The molecule has 0 radical (unpaired) electrons. The molecule has 0 unspecified atom stereocenters. The van der Waals surface area contributed by atoms with Crippen molar-refractivity contribution in [3.05, 3.63) is 133 Å². The minimum absolute atomic E-state index is 0.798. The summed E-state index contributed by atoms with van der Waals surface area (Å²) in [5, 5.41) is 0. The monoisotopic (exact) mass is 578 g/mol. The van der Waals surface area contributed by atoms with E-state index in [9.17, 15) is 0 Å². The Kier molecular flexibility index (Phi) is 8.33. The van der Waals surface area contributed by atoms with Gasteiger partial charge in [0.2, 0.25) is 0 Å². The number of ether oxygens (including phenoxy) is 4. The van der Waals surface area contributed by atoms with Crippen LogP contribution in [0.5, 0.6) is 23.0 Å². The second-order valence-corrected chi connectivity index (χ2v) is 10.3. The van der Waals surface area contributed by atoms with E-state index in [1.807, 2.05) is 48.5 Å². The zero-order valence-electron chi connectivity index (χ0n) is 25.3. The number of benzene rings is 6. The van der Waals surface area contributed by atoms with Gasteiger partial charge in [0, 0.05) is 22.3 Å². The van der Waals surface area contributed by atoms with Gasteiger partial charge in [-0.25, -0.2) is 0 Å². The van der Waals surface area contributed by atoms with Crippen LogP contribution in [-0.4, -0.2) is 28.4 Å². The lowest BCUT2D eigenvalue weighted by Crippen LogP contribution is -1.95. The molecule has 0 saturated carbocycles. The molecule has 6 aromatic rings. The summed E-state index contributed by atoms with van der Waals surface area (Å²) in [5.74, 6) is 3.24. The topological polar surface area (TPSA) is 36.9 Å². The zero-order chi connectivity index (χ0) is 30.5. The van der Waals surface area contributed by atoms with Crippen molar-refractivity contribution in [3.63, 3.8) is 0 Å². The molecule has 6 aromatic carbocycles. The molecule has 4 heteroatoms. The van der Waals surface area contributed by atoms with Crippen LogP contribution < -0.4 is 18.9 Å². The van der Waals surface area contributed by atoms with E-state index in [0.717, 1.165) is 78.6 Å². The molecule has 0 aliphatic rings. The minimum atomic E-state index is 0.798. The Morgan fingerprint density at radius 3 is 0.886 bits per heavy atom. The largest absolute Gasteiger partial charge is 0.496 e. The van der Waals surface area contributed by atoms with Crippen molar-refractivity contribution >= 4 is 0 Å². The number of para-hydroxylation sites is 2. The first-order chi connectivity index (χ1) is 21.7. The molecule has 0 aliphatic heterocycles. The van der Waals surface area contributed by atoms with Gasteiger partial charge >= 0.3 is 0 Å². The first kappa shape index (κ1) is 28.6. The van der Waals surface area contributed by atoms with Gasteiger partial charge in [-0.1, -0.05) is 97.1 Å². The number of hydrogen-bond acceptors (Lipinski definition) is 4. The van der Waals surface area contributed by atoms with Gasteiger partial charge < -0.3 is 18.9 Å². The van der Waals surface area contributed by atoms with Gasteiger partial charge in [-0.05, 0) is 69.8 Å². The summed E-state index contributed by atoms with van der Waals surface area (Å²) in [5.41, 5.74) is 10.4. The average Bonchev–Trinajstić information content (AvgIpc) is 3.11. The Labute approximate surface area is 259 Å². The van der Waals surface area contributed by atoms with E-state index < -0.39 is 0 Å². The average molecular weight is 579 g/mol. The normalized spacial score (nSPS) is 10.7. The zero-order valence-corrected chi connectivity index (χ0v) is 25.3. The van der Waals surface area contributed by atoms with Gasteiger partial charge in [0.25, 0.3) is 0 Å². The van der Waals surface area contributed by atoms with Gasteiger partial charge in [-0.2, -0.15) is 0 Å². The van der Waals surface area contributed by atoms with Crippen molar-refractivity contribution in [2.24, 2.45) is 0 Å². The van der Waals surface area contributed by atoms with Gasteiger partial charge in [0.05, 0.1) is 28.4 Å². The summed E-state index contributed by atoms with van der Waals surface area (Å²) >= 11 is 0. The van der Waals surface area contributed by atoms with Gasteiger partial charge in [0.15, 0.2) is 0 Å². The van der Waals surface area contributed by atoms with Crippen molar-refractivity contribution in [3.8, 4) is 78.6 Å². The summed E-state index contributed by atoms with van der Waals surface area (Å²) in [6.45, 7) is 0. The van der Waals surface area contributed by atoms with Crippen LogP contribution in [0.3, 0.4) is 0 Å². The summed E-state index contributed by atoms with van der Waals surface area (Å²) in [4.78, 5) is 0. The number of hydrogen-bond donors (Lipinski definition) is 0. The summed E-state index contributed by atoms with van der Waals surface area (Å²) in [7, 11) is 6.83. The molecule has 0 heterocycles. The van der Waals surface area contributed by atoms with Crippen LogP contribution in [0.15, 0.2) is 133 Å². The van der Waals surface area contributed by atoms with E-state index in [4.69, 9.17) is 18.9 Å². The van der Waals surface area contributed by atoms with Crippen LogP contribution in [0, 0.1) is 0 Å². The SMILES string of the molecule is COc1ccccc1-c1ccccc1-c1cc(-c2ccc(OC)c(-c3ccccc3-c3ccccc3OC)c2)ccc1OC. The molecule has 0 N–H and O–H groups in total. The first-order valence-corrected chi connectivity index (χ1v) is 14.5. The van der Waals surface area contributed by atoms with Crippen LogP contribution in [0.1, 0.15) is 0 Å². The second kappa shape index (κ2) is 12.8. The smallest absolute Gasteiger partial charge is 0.126 e. The summed E-state index contributed by atoms with van der Waals surface area (Å²) < 4.78 is 23.2. The third kappa shape index (κ3) is 5.38. The summed E-state index contributed by atoms with van der Waals surface area (Å²) in [6.07, 6.45) is 0. The molecule has 0 aliphatic carbocycles. The highest BCUT2D eigenvalue weighted by molar-refractivity contribution is 5.92. The van der Waals surface area contributed by atoms with Crippen molar-refractivity contribution in [2.45, 2.75) is 0 Å². The molecule has 0 spiro atoms. The Morgan fingerprint density at radius 2 is 0.545 bits per heavy atom. The fraction of sp³-hybridized carbons (Fsp3) is 0.100. The molecule has 218 valence electrons. The molecule has 44 heavy (non-hydrogen) atoms. The van der Waals surface area contributed by atoms with Crippen LogP contribution in [0.25, 0.3) is 55.6 Å². The quantitative estimate of drug-likeness (QED) is 0.171. The van der Waals surface area contributed by atoms with Crippen molar-refractivity contribution in [2.75, 3.05) is 28.4 Å². The van der Waals surface area contributed by atoms with E-state index in [0.29, 0.717) is 0 Å². The Morgan fingerprint density at radius 1 is 0.273 bits per heavy atom. The molecule has 0 saturated heterocycles. The lowest BCUT2D eigenvalue weighted by Gasteiger charge is -2.18. The van der Waals surface area contributed by atoms with Gasteiger partial charge in [0.1, 0.15) is 23.0 Å². The minimum Gasteiger partial charge on any atom is -0.496 e. The standard InChI is InChI=1S/C40H34O4/c1-41-37-19-11-9-17-33(37)29-13-5-7-15-31(29)35-25-27(21-23-39(35)43-3)28-22-24-40(44-4)36(26-28)32-16-8-6-14-30(32)34-18-10-12-20-38(34)42-2/h5-26H,1-4H3. The first-order valence-electron chi connectivity index (χ1n) is 14.5. The molecule has 4 nitrogen and oxygen atoms in total. The molecular weight excluding hydrogens is 544 g/mol. The molecule has 0 fully saturated rings. The third-order valence-electron chi connectivity index (χ3n) is 7.96. The number of rotatable bonds is 9. The Balaban J connectivity index is 1.51. The van der Waals surface area contributed by atoms with E-state index >= 15 is 0 Å². The second-order valence-electron chi connectivity index (χ2n) is 10.3. The Bertz CT molecular complexity index is 1780. The molecular formula is C40H34O4. The van der Waals surface area contributed by atoms with Crippen molar-refractivity contribution in [1.29, 1.82) is 0 Å². The predicted molar refractivity (Wildman–Crippen MR) is 180 cm³/mol. The maximum absolute atomic E-state index is 5.89. The van der Waals surface area contributed by atoms with Gasteiger partial charge in [-0.3, -0.25) is 0 Å². The van der Waals surface area contributed by atoms with Crippen LogP contribution in [-0.2, 0) is 0 Å². The third-order valence-corrected chi connectivity index (χ3v) is 7.96. The van der Waals surface area contributed by atoms with Crippen LogP contribution in [0.4, 0.5) is 0 Å². The lowest BCUT2D eigenvalue weighted by atomic mass is 9.89. The van der Waals surface area contributed by atoms with E-state index in [1.54, 1.807) is 28.4 Å². The van der Waals surface area contributed by atoms with E-state index in [2.05, 4.69) is 84.9 Å². The predicted octanol–water partition coefficient (Wildman–Crippen LogP) is 10.1. The number of methoxy groups -OCH3 is 4. The fourth-order valence-electron chi connectivity index (χ4n) is 5.84. The maximum Gasteiger partial charge on any atom is 0.126 e. The lowest BCUT2D eigenvalue weighted by molar-refractivity contribution is 0.415. The molecule has 0 aromatic heterocycles. The summed E-state index contributed by atoms with van der Waals surface area (Å²) in [6, 6.07) is 45.6. The highest BCUT2D eigenvalue weighted by Gasteiger charge is 2.18. The van der Waals surface area contributed by atoms with Crippen molar-refractivity contribution in [1.82, 2.24) is 0 Å². The van der Waals surface area contributed by atoms with Crippen LogP contribution in [0.2, 0.25) is 0 Å². The van der Waals surface area contributed by atoms with E-state index in [1.165, 1.54) is 0 Å². The highest BCUT2D eigenvalue weighted by atomic mass is 16.5. The maximum atomic E-state index is 5.89. The Hall–Kier alpha value is -5.48. The molecule has 6 rings (SSSR count). The molecule has 0 amide bonds. The molecule has 0 atom stereocenters. The molecule has 0 bridgehead atoms. The highest BCUT2D eigenvalue weighted by Crippen LogP contribution is 2.44.